The Morgan fingerprint density at radius 3 is 2.56 bits per heavy atom. The number of nitrogens with zero attached hydrogens (tertiary/aromatic N) is 1. The molecule has 0 amide bonds. The second-order valence-electron chi connectivity index (χ2n) is 4.41. The smallest absolute Gasteiger partial charge is 0.237 e. The predicted octanol–water partition coefficient (Wildman–Crippen LogP) is 3.32. The van der Waals surface area contributed by atoms with E-state index in [9.17, 15) is 0 Å². The summed E-state index contributed by atoms with van der Waals surface area (Å²) in [5.41, 5.74) is 4.74. The third-order valence-corrected chi connectivity index (χ3v) is 2.73. The van der Waals surface area contributed by atoms with Crippen LogP contribution in [0.25, 0.3) is 0 Å². The molecule has 1 N–H and O–H groups in total. The Bertz CT molecular complexity index is 518. The lowest BCUT2D eigenvalue weighted by atomic mass is 10.1. The quantitative estimate of drug-likeness (QED) is 0.893. The van der Waals surface area contributed by atoms with Crippen molar-refractivity contribution in [1.29, 1.82) is 0 Å². The predicted molar refractivity (Wildman–Crippen MR) is 74.0 cm³/mol. The molecule has 3 nitrogen and oxygen atoms in total. The van der Waals surface area contributed by atoms with Crippen LogP contribution in [0.15, 0.2) is 36.5 Å². The molecule has 2 aromatic rings. The number of hydrogen-bond acceptors (Lipinski definition) is 3. The van der Waals surface area contributed by atoms with Crippen molar-refractivity contribution in [3.05, 3.63) is 53.2 Å². The summed E-state index contributed by atoms with van der Waals surface area (Å²) in [5.74, 6) is 0.627. The maximum atomic E-state index is 5.21. The largest absolute Gasteiger partial charge is 0.480 e. The van der Waals surface area contributed by atoms with Gasteiger partial charge in [0.25, 0.3) is 0 Å². The molecule has 0 aliphatic rings. The van der Waals surface area contributed by atoms with Gasteiger partial charge in [-0.1, -0.05) is 29.3 Å². The van der Waals surface area contributed by atoms with Gasteiger partial charge in [0.2, 0.25) is 5.88 Å². The molecule has 1 aromatic heterocycles. The number of aryl methyl sites for hydroxylation is 2. The van der Waals surface area contributed by atoms with Crippen molar-refractivity contribution >= 4 is 5.69 Å². The zero-order chi connectivity index (χ0) is 13.0. The zero-order valence-electron chi connectivity index (χ0n) is 11.0. The van der Waals surface area contributed by atoms with Crippen LogP contribution in [0.2, 0.25) is 0 Å². The van der Waals surface area contributed by atoms with Gasteiger partial charge in [-0.3, -0.25) is 0 Å². The molecule has 0 atom stereocenters. The lowest BCUT2D eigenvalue weighted by Gasteiger charge is -2.10. The van der Waals surface area contributed by atoms with Gasteiger partial charge in [0.05, 0.1) is 12.8 Å². The number of ether oxygens (including phenoxy) is 1. The number of methoxy groups -OCH3 is 1. The molecule has 0 fully saturated rings. The SMILES string of the molecule is COc1ncccc1NCc1cc(C)cc(C)c1. The lowest BCUT2D eigenvalue weighted by Crippen LogP contribution is -2.02. The summed E-state index contributed by atoms with van der Waals surface area (Å²) in [7, 11) is 1.63. The first kappa shape index (κ1) is 12.4. The fraction of sp³-hybridized carbons (Fsp3) is 0.267. The maximum Gasteiger partial charge on any atom is 0.237 e. The van der Waals surface area contributed by atoms with Crippen LogP contribution >= 0.6 is 0 Å². The minimum absolute atomic E-state index is 0.627. The van der Waals surface area contributed by atoms with E-state index in [0.29, 0.717) is 5.88 Å². The van der Waals surface area contributed by atoms with Crippen LogP contribution in [0.3, 0.4) is 0 Å². The van der Waals surface area contributed by atoms with E-state index in [1.807, 2.05) is 12.1 Å². The summed E-state index contributed by atoms with van der Waals surface area (Å²) < 4.78 is 5.21. The van der Waals surface area contributed by atoms with Gasteiger partial charge in [-0.15, -0.1) is 0 Å². The van der Waals surface area contributed by atoms with E-state index in [4.69, 9.17) is 4.74 Å². The Hall–Kier alpha value is -2.03. The average molecular weight is 242 g/mol. The Morgan fingerprint density at radius 1 is 1.17 bits per heavy atom. The van der Waals surface area contributed by atoms with Crippen LogP contribution in [0.1, 0.15) is 16.7 Å². The molecular weight excluding hydrogens is 224 g/mol. The molecule has 0 aliphatic heterocycles. The summed E-state index contributed by atoms with van der Waals surface area (Å²) in [6, 6.07) is 10.4. The minimum Gasteiger partial charge on any atom is -0.480 e. The number of rotatable bonds is 4. The van der Waals surface area contributed by atoms with E-state index in [2.05, 4.69) is 42.3 Å². The van der Waals surface area contributed by atoms with Crippen LogP contribution in [-0.2, 0) is 6.54 Å². The van der Waals surface area contributed by atoms with E-state index in [1.54, 1.807) is 13.3 Å². The highest BCUT2D eigenvalue weighted by Crippen LogP contribution is 2.21. The van der Waals surface area contributed by atoms with Crippen molar-refractivity contribution in [2.24, 2.45) is 0 Å². The second-order valence-corrected chi connectivity index (χ2v) is 4.41. The van der Waals surface area contributed by atoms with Crippen molar-refractivity contribution in [2.45, 2.75) is 20.4 Å². The van der Waals surface area contributed by atoms with E-state index in [1.165, 1.54) is 16.7 Å². The van der Waals surface area contributed by atoms with E-state index in [0.717, 1.165) is 12.2 Å². The molecule has 2 rings (SSSR count). The fourth-order valence-corrected chi connectivity index (χ4v) is 2.06. The third-order valence-electron chi connectivity index (χ3n) is 2.73. The molecular formula is C15H18N2O. The molecule has 0 saturated carbocycles. The van der Waals surface area contributed by atoms with Gasteiger partial charge in [0.15, 0.2) is 0 Å². The Labute approximate surface area is 108 Å². The van der Waals surface area contributed by atoms with Crippen LogP contribution in [0.4, 0.5) is 5.69 Å². The van der Waals surface area contributed by atoms with E-state index < -0.39 is 0 Å². The molecule has 0 saturated heterocycles. The van der Waals surface area contributed by atoms with Gasteiger partial charge in [-0.25, -0.2) is 4.98 Å². The first-order chi connectivity index (χ1) is 8.69. The van der Waals surface area contributed by atoms with Crippen molar-refractivity contribution in [2.75, 3.05) is 12.4 Å². The van der Waals surface area contributed by atoms with Crippen molar-refractivity contribution in [1.82, 2.24) is 4.98 Å². The van der Waals surface area contributed by atoms with Crippen molar-refractivity contribution < 1.29 is 4.74 Å². The van der Waals surface area contributed by atoms with Gasteiger partial charge in [0, 0.05) is 12.7 Å². The van der Waals surface area contributed by atoms with Gasteiger partial charge in [-0.05, 0) is 31.5 Å². The normalized spacial score (nSPS) is 10.2. The topological polar surface area (TPSA) is 34.1 Å². The molecule has 0 unspecified atom stereocenters. The monoisotopic (exact) mass is 242 g/mol. The van der Waals surface area contributed by atoms with E-state index in [-0.39, 0.29) is 0 Å². The Morgan fingerprint density at radius 2 is 1.89 bits per heavy atom. The molecule has 94 valence electrons. The van der Waals surface area contributed by atoms with Crippen molar-refractivity contribution in [3.63, 3.8) is 0 Å². The molecule has 0 spiro atoms. The highest BCUT2D eigenvalue weighted by atomic mass is 16.5. The second kappa shape index (κ2) is 5.54. The van der Waals surface area contributed by atoms with Crippen LogP contribution in [0.5, 0.6) is 5.88 Å². The number of anilines is 1. The Balaban J connectivity index is 2.11. The molecule has 1 aromatic carbocycles. The molecule has 1 heterocycles. The summed E-state index contributed by atoms with van der Waals surface area (Å²) in [4.78, 5) is 4.16. The van der Waals surface area contributed by atoms with Crippen LogP contribution in [-0.4, -0.2) is 12.1 Å². The molecule has 0 bridgehead atoms. The number of hydrogen-bond donors (Lipinski definition) is 1. The number of benzene rings is 1. The van der Waals surface area contributed by atoms with E-state index >= 15 is 0 Å². The zero-order valence-corrected chi connectivity index (χ0v) is 11.0. The molecule has 0 radical (unpaired) electrons. The Kier molecular flexibility index (Phi) is 3.82. The van der Waals surface area contributed by atoms with Gasteiger partial charge in [0.1, 0.15) is 0 Å². The first-order valence-corrected chi connectivity index (χ1v) is 5.99. The standard InChI is InChI=1S/C15H18N2O/c1-11-7-12(2)9-13(8-11)10-17-14-5-4-6-16-15(14)18-3/h4-9,17H,10H2,1-3H3. The summed E-state index contributed by atoms with van der Waals surface area (Å²) >= 11 is 0. The van der Waals surface area contributed by atoms with Gasteiger partial charge in [-0.2, -0.15) is 0 Å². The van der Waals surface area contributed by atoms with Gasteiger partial charge >= 0.3 is 0 Å². The highest BCUT2D eigenvalue weighted by Gasteiger charge is 2.02. The minimum atomic E-state index is 0.627. The van der Waals surface area contributed by atoms with Crippen molar-refractivity contribution in [3.8, 4) is 5.88 Å². The number of aromatic nitrogens is 1. The van der Waals surface area contributed by atoms with Gasteiger partial charge < -0.3 is 10.1 Å². The molecule has 3 heteroatoms. The maximum absolute atomic E-state index is 5.21. The molecule has 18 heavy (non-hydrogen) atoms. The summed E-state index contributed by atoms with van der Waals surface area (Å²) in [6.45, 7) is 4.99. The lowest BCUT2D eigenvalue weighted by molar-refractivity contribution is 0.399. The number of nitrogens with one attached hydrogen (secondary N) is 1. The summed E-state index contributed by atoms with van der Waals surface area (Å²) in [5, 5.41) is 3.35. The number of pyridine rings is 1. The van der Waals surface area contributed by atoms with Crippen LogP contribution < -0.4 is 10.1 Å². The average Bonchev–Trinajstić information content (AvgIpc) is 2.35. The fourth-order valence-electron chi connectivity index (χ4n) is 2.06. The highest BCUT2D eigenvalue weighted by molar-refractivity contribution is 5.52. The third kappa shape index (κ3) is 3.00. The first-order valence-electron chi connectivity index (χ1n) is 5.99. The summed E-state index contributed by atoms with van der Waals surface area (Å²) in [6.07, 6.45) is 1.72. The molecule has 0 aliphatic carbocycles. The van der Waals surface area contributed by atoms with Crippen LogP contribution in [0, 0.1) is 13.8 Å².